The molecule has 0 radical (unpaired) electrons. The van der Waals surface area contributed by atoms with Gasteiger partial charge in [0.1, 0.15) is 6.61 Å². The third-order valence-electron chi connectivity index (χ3n) is 3.27. The molecule has 1 fully saturated rings. The predicted octanol–water partition coefficient (Wildman–Crippen LogP) is 1.56. The summed E-state index contributed by atoms with van der Waals surface area (Å²) < 4.78 is 5.51. The van der Waals surface area contributed by atoms with E-state index in [0.717, 1.165) is 19.6 Å². The predicted molar refractivity (Wildman–Crippen MR) is 70.2 cm³/mol. The standard InChI is InChI=1S/C13H18N2O4/c16-10-11-3-4-12(15(17)18)13(9-11)19-8-7-14-5-1-2-6-14/h3-4,9,16H,1-2,5-8,10H2. The van der Waals surface area contributed by atoms with E-state index in [1.165, 1.54) is 31.0 Å². The molecule has 1 heterocycles. The van der Waals surface area contributed by atoms with Gasteiger partial charge >= 0.3 is 5.69 Å². The summed E-state index contributed by atoms with van der Waals surface area (Å²) in [5.41, 5.74) is 0.556. The van der Waals surface area contributed by atoms with E-state index in [9.17, 15) is 10.1 Å². The first-order valence-corrected chi connectivity index (χ1v) is 6.44. The monoisotopic (exact) mass is 266 g/mol. The van der Waals surface area contributed by atoms with Crippen LogP contribution in [-0.4, -0.2) is 41.2 Å². The third kappa shape index (κ3) is 3.65. The topological polar surface area (TPSA) is 75.8 Å². The maximum Gasteiger partial charge on any atom is 0.310 e. The van der Waals surface area contributed by atoms with Crippen LogP contribution in [0.25, 0.3) is 0 Å². The second-order valence-corrected chi connectivity index (χ2v) is 4.61. The van der Waals surface area contributed by atoms with Crippen molar-refractivity contribution < 1.29 is 14.8 Å². The van der Waals surface area contributed by atoms with E-state index in [0.29, 0.717) is 12.2 Å². The highest BCUT2D eigenvalue weighted by Crippen LogP contribution is 2.28. The van der Waals surface area contributed by atoms with Gasteiger partial charge in [-0.25, -0.2) is 0 Å². The van der Waals surface area contributed by atoms with Crippen molar-refractivity contribution in [2.24, 2.45) is 0 Å². The molecule has 1 aromatic rings. The van der Waals surface area contributed by atoms with Gasteiger partial charge in [-0.3, -0.25) is 15.0 Å². The van der Waals surface area contributed by atoms with Crippen molar-refractivity contribution in [2.75, 3.05) is 26.2 Å². The molecule has 0 atom stereocenters. The molecule has 6 nitrogen and oxygen atoms in total. The van der Waals surface area contributed by atoms with Crippen LogP contribution >= 0.6 is 0 Å². The molecular weight excluding hydrogens is 248 g/mol. The van der Waals surface area contributed by atoms with Crippen molar-refractivity contribution in [3.8, 4) is 5.75 Å². The number of likely N-dealkylation sites (tertiary alicyclic amines) is 1. The Balaban J connectivity index is 1.98. The van der Waals surface area contributed by atoms with E-state index in [2.05, 4.69) is 4.90 Å². The largest absolute Gasteiger partial charge is 0.485 e. The Morgan fingerprint density at radius 2 is 2.11 bits per heavy atom. The Morgan fingerprint density at radius 1 is 1.37 bits per heavy atom. The number of aliphatic hydroxyl groups excluding tert-OH is 1. The zero-order chi connectivity index (χ0) is 13.7. The van der Waals surface area contributed by atoms with Crippen molar-refractivity contribution >= 4 is 5.69 Å². The molecule has 1 aliphatic heterocycles. The normalized spacial score (nSPS) is 15.6. The van der Waals surface area contributed by atoms with Gasteiger partial charge in [0, 0.05) is 12.6 Å². The molecule has 2 rings (SSSR count). The van der Waals surface area contributed by atoms with Crippen LogP contribution in [0.5, 0.6) is 5.75 Å². The smallest absolute Gasteiger partial charge is 0.310 e. The summed E-state index contributed by atoms with van der Waals surface area (Å²) in [6.45, 7) is 3.20. The number of benzene rings is 1. The minimum Gasteiger partial charge on any atom is -0.485 e. The zero-order valence-electron chi connectivity index (χ0n) is 10.7. The van der Waals surface area contributed by atoms with Crippen molar-refractivity contribution in [3.05, 3.63) is 33.9 Å². The summed E-state index contributed by atoms with van der Waals surface area (Å²) in [6, 6.07) is 4.43. The van der Waals surface area contributed by atoms with Crippen LogP contribution in [0.1, 0.15) is 18.4 Å². The maximum absolute atomic E-state index is 10.9. The SMILES string of the molecule is O=[N+]([O-])c1ccc(CO)cc1OCCN1CCCC1. The third-order valence-corrected chi connectivity index (χ3v) is 3.27. The second kappa shape index (κ2) is 6.49. The Kier molecular flexibility index (Phi) is 4.70. The van der Waals surface area contributed by atoms with Gasteiger partial charge in [0.05, 0.1) is 11.5 Å². The van der Waals surface area contributed by atoms with E-state index >= 15 is 0 Å². The number of rotatable bonds is 6. The van der Waals surface area contributed by atoms with Crippen molar-refractivity contribution in [1.82, 2.24) is 4.90 Å². The van der Waals surface area contributed by atoms with Gasteiger partial charge < -0.3 is 9.84 Å². The summed E-state index contributed by atoms with van der Waals surface area (Å²) in [5.74, 6) is 0.232. The highest BCUT2D eigenvalue weighted by Gasteiger charge is 2.16. The van der Waals surface area contributed by atoms with E-state index in [-0.39, 0.29) is 18.0 Å². The van der Waals surface area contributed by atoms with Gasteiger partial charge in [-0.2, -0.15) is 0 Å². The molecule has 0 aliphatic carbocycles. The van der Waals surface area contributed by atoms with Crippen LogP contribution in [0.15, 0.2) is 18.2 Å². The van der Waals surface area contributed by atoms with Gasteiger partial charge in [-0.05, 0) is 43.6 Å². The lowest BCUT2D eigenvalue weighted by molar-refractivity contribution is -0.385. The fourth-order valence-corrected chi connectivity index (χ4v) is 2.21. The molecule has 1 aromatic carbocycles. The zero-order valence-corrected chi connectivity index (χ0v) is 10.7. The first kappa shape index (κ1) is 13.8. The molecule has 104 valence electrons. The van der Waals surface area contributed by atoms with Crippen LogP contribution < -0.4 is 4.74 Å². The lowest BCUT2D eigenvalue weighted by atomic mass is 10.2. The van der Waals surface area contributed by atoms with Crippen molar-refractivity contribution in [2.45, 2.75) is 19.4 Å². The summed E-state index contributed by atoms with van der Waals surface area (Å²) in [6.07, 6.45) is 2.42. The highest BCUT2D eigenvalue weighted by atomic mass is 16.6. The fourth-order valence-electron chi connectivity index (χ4n) is 2.21. The number of nitrogens with zero attached hydrogens (tertiary/aromatic N) is 2. The Labute approximate surface area is 111 Å². The molecule has 0 unspecified atom stereocenters. The molecule has 19 heavy (non-hydrogen) atoms. The maximum atomic E-state index is 10.9. The first-order valence-electron chi connectivity index (χ1n) is 6.44. The van der Waals surface area contributed by atoms with Gasteiger partial charge in [-0.1, -0.05) is 0 Å². The molecule has 6 heteroatoms. The molecule has 1 saturated heterocycles. The first-order chi connectivity index (χ1) is 9.20. The molecule has 0 saturated carbocycles. The number of hydrogen-bond acceptors (Lipinski definition) is 5. The van der Waals surface area contributed by atoms with Crippen LogP contribution in [0.4, 0.5) is 5.69 Å². The second-order valence-electron chi connectivity index (χ2n) is 4.61. The quantitative estimate of drug-likeness (QED) is 0.624. The molecular formula is C13H18N2O4. The molecule has 1 aliphatic rings. The van der Waals surface area contributed by atoms with Crippen LogP contribution in [0, 0.1) is 10.1 Å². The van der Waals surface area contributed by atoms with Gasteiger partial charge in [-0.15, -0.1) is 0 Å². The lowest BCUT2D eigenvalue weighted by Crippen LogP contribution is -2.25. The minimum absolute atomic E-state index is 0.0568. The Hall–Kier alpha value is -1.66. The summed E-state index contributed by atoms with van der Waals surface area (Å²) >= 11 is 0. The fraction of sp³-hybridized carbons (Fsp3) is 0.538. The van der Waals surface area contributed by atoms with Gasteiger partial charge in [0.15, 0.2) is 5.75 Å². The molecule has 0 amide bonds. The number of ether oxygens (including phenoxy) is 1. The number of hydrogen-bond donors (Lipinski definition) is 1. The van der Waals surface area contributed by atoms with Gasteiger partial charge in [0.2, 0.25) is 0 Å². The highest BCUT2D eigenvalue weighted by molar-refractivity contribution is 5.48. The summed E-state index contributed by atoms with van der Waals surface area (Å²) in [7, 11) is 0. The van der Waals surface area contributed by atoms with Crippen molar-refractivity contribution in [3.63, 3.8) is 0 Å². The van der Waals surface area contributed by atoms with Crippen LogP contribution in [0.2, 0.25) is 0 Å². The van der Waals surface area contributed by atoms with Gasteiger partial charge in [0.25, 0.3) is 0 Å². The summed E-state index contributed by atoms with van der Waals surface area (Å²) in [5, 5.41) is 19.9. The average Bonchev–Trinajstić information content (AvgIpc) is 2.91. The number of nitro benzene ring substituents is 1. The minimum atomic E-state index is -0.466. The van der Waals surface area contributed by atoms with E-state index in [4.69, 9.17) is 9.84 Å². The Morgan fingerprint density at radius 3 is 2.74 bits per heavy atom. The van der Waals surface area contributed by atoms with E-state index in [1.807, 2.05) is 0 Å². The Bertz CT molecular complexity index is 444. The van der Waals surface area contributed by atoms with Crippen LogP contribution in [0.3, 0.4) is 0 Å². The molecule has 0 bridgehead atoms. The average molecular weight is 266 g/mol. The van der Waals surface area contributed by atoms with E-state index < -0.39 is 4.92 Å². The summed E-state index contributed by atoms with van der Waals surface area (Å²) in [4.78, 5) is 12.7. The van der Waals surface area contributed by atoms with Crippen molar-refractivity contribution in [1.29, 1.82) is 0 Å². The number of aliphatic hydroxyl groups is 1. The molecule has 0 spiro atoms. The molecule has 0 aromatic heterocycles. The van der Waals surface area contributed by atoms with E-state index in [1.54, 1.807) is 0 Å². The lowest BCUT2D eigenvalue weighted by Gasteiger charge is -2.15. The number of nitro groups is 1. The van der Waals surface area contributed by atoms with Crippen LogP contribution in [-0.2, 0) is 6.61 Å². The molecule has 1 N–H and O–H groups in total.